The van der Waals surface area contributed by atoms with E-state index in [1.165, 1.54) is 0 Å². The van der Waals surface area contributed by atoms with Crippen LogP contribution in [0.25, 0.3) is 11.4 Å². The lowest BCUT2D eigenvalue weighted by Gasteiger charge is -2.10. The highest BCUT2D eigenvalue weighted by atomic mass is 32.2. The fourth-order valence-corrected chi connectivity index (χ4v) is 2.16. The Morgan fingerprint density at radius 2 is 1.89 bits per heavy atom. The topological polar surface area (TPSA) is 60.0 Å². The number of methoxy groups -OCH3 is 2. The summed E-state index contributed by atoms with van der Waals surface area (Å²) in [6.45, 7) is 2.06. The molecule has 0 saturated heterocycles. The van der Waals surface area contributed by atoms with Crippen molar-refractivity contribution in [2.75, 3.05) is 20.0 Å². The minimum atomic E-state index is 0.653. The van der Waals surface area contributed by atoms with Gasteiger partial charge < -0.3 is 9.47 Å². The molecular formula is C12H15N3O2S. The van der Waals surface area contributed by atoms with Gasteiger partial charge in [-0.2, -0.15) is 0 Å². The van der Waals surface area contributed by atoms with Gasteiger partial charge in [0.25, 0.3) is 0 Å². The van der Waals surface area contributed by atoms with Gasteiger partial charge in [0, 0.05) is 0 Å². The highest BCUT2D eigenvalue weighted by Crippen LogP contribution is 2.36. The number of benzene rings is 1. The van der Waals surface area contributed by atoms with Crippen LogP contribution < -0.4 is 9.47 Å². The van der Waals surface area contributed by atoms with Gasteiger partial charge in [-0.25, -0.2) is 4.98 Å². The van der Waals surface area contributed by atoms with Gasteiger partial charge in [0.1, 0.15) is 17.1 Å². The van der Waals surface area contributed by atoms with Crippen molar-refractivity contribution in [3.63, 3.8) is 0 Å². The summed E-state index contributed by atoms with van der Waals surface area (Å²) in [5.41, 5.74) is 0.790. The Morgan fingerprint density at radius 3 is 2.44 bits per heavy atom. The van der Waals surface area contributed by atoms with Gasteiger partial charge in [-0.1, -0.05) is 24.8 Å². The van der Waals surface area contributed by atoms with Crippen LogP contribution in [0.15, 0.2) is 23.4 Å². The maximum absolute atomic E-state index is 5.34. The highest BCUT2D eigenvalue weighted by molar-refractivity contribution is 7.99. The Hall–Kier alpha value is -1.69. The van der Waals surface area contributed by atoms with E-state index in [0.29, 0.717) is 17.3 Å². The van der Waals surface area contributed by atoms with Crippen LogP contribution in [0.3, 0.4) is 0 Å². The molecule has 0 aliphatic carbocycles. The van der Waals surface area contributed by atoms with Crippen molar-refractivity contribution in [2.45, 2.75) is 12.1 Å². The molecule has 96 valence electrons. The molecular weight excluding hydrogens is 250 g/mol. The summed E-state index contributed by atoms with van der Waals surface area (Å²) in [7, 11) is 3.24. The lowest BCUT2D eigenvalue weighted by molar-refractivity contribution is 0.397. The van der Waals surface area contributed by atoms with Crippen molar-refractivity contribution in [2.24, 2.45) is 0 Å². The molecule has 0 aliphatic rings. The molecule has 5 nitrogen and oxygen atoms in total. The first-order valence-corrected chi connectivity index (χ1v) is 6.55. The molecule has 0 bridgehead atoms. The third kappa shape index (κ3) is 2.43. The number of thioether (sulfide) groups is 1. The standard InChI is InChI=1S/C12H15N3O2S/c1-4-18-12-13-11(14-15-12)10-8(16-2)6-5-7-9(10)17-3/h5-7H,4H2,1-3H3,(H,13,14,15). The van der Waals surface area contributed by atoms with E-state index in [1.54, 1.807) is 26.0 Å². The lowest BCUT2D eigenvalue weighted by Crippen LogP contribution is -1.94. The summed E-state index contributed by atoms with van der Waals surface area (Å²) in [4.78, 5) is 4.42. The number of rotatable bonds is 5. The number of nitrogens with one attached hydrogen (secondary N) is 1. The maximum atomic E-state index is 5.34. The number of hydrogen-bond acceptors (Lipinski definition) is 5. The van der Waals surface area contributed by atoms with E-state index in [4.69, 9.17) is 9.47 Å². The van der Waals surface area contributed by atoms with E-state index in [9.17, 15) is 0 Å². The summed E-state index contributed by atoms with van der Waals surface area (Å²) in [6, 6.07) is 5.61. The molecule has 0 unspecified atom stereocenters. The third-order valence-electron chi connectivity index (χ3n) is 2.40. The molecule has 18 heavy (non-hydrogen) atoms. The number of nitrogens with zero attached hydrogens (tertiary/aromatic N) is 2. The van der Waals surface area contributed by atoms with Gasteiger partial charge in [-0.05, 0) is 17.9 Å². The zero-order valence-corrected chi connectivity index (χ0v) is 11.4. The second-order valence-electron chi connectivity index (χ2n) is 3.44. The molecule has 0 atom stereocenters. The normalized spacial score (nSPS) is 10.4. The zero-order chi connectivity index (χ0) is 13.0. The van der Waals surface area contributed by atoms with E-state index in [0.717, 1.165) is 16.5 Å². The predicted octanol–water partition coefficient (Wildman–Crippen LogP) is 2.60. The molecule has 6 heteroatoms. The van der Waals surface area contributed by atoms with E-state index in [1.807, 2.05) is 18.2 Å². The highest BCUT2D eigenvalue weighted by Gasteiger charge is 2.16. The number of aromatic amines is 1. The van der Waals surface area contributed by atoms with Gasteiger partial charge in [0.15, 0.2) is 5.82 Å². The van der Waals surface area contributed by atoms with Crippen molar-refractivity contribution in [1.29, 1.82) is 0 Å². The van der Waals surface area contributed by atoms with Crippen LogP contribution in [-0.4, -0.2) is 35.2 Å². The van der Waals surface area contributed by atoms with Crippen LogP contribution in [-0.2, 0) is 0 Å². The quantitative estimate of drug-likeness (QED) is 0.842. The van der Waals surface area contributed by atoms with Crippen LogP contribution in [0.1, 0.15) is 6.92 Å². The molecule has 2 aromatic rings. The number of ether oxygens (including phenoxy) is 2. The van der Waals surface area contributed by atoms with Crippen LogP contribution in [0, 0.1) is 0 Å². The molecule has 0 fully saturated rings. The monoisotopic (exact) mass is 265 g/mol. The van der Waals surface area contributed by atoms with Crippen LogP contribution in [0.5, 0.6) is 11.5 Å². The number of hydrogen-bond donors (Lipinski definition) is 1. The fraction of sp³-hybridized carbons (Fsp3) is 0.333. The van der Waals surface area contributed by atoms with Crippen LogP contribution in [0.2, 0.25) is 0 Å². The lowest BCUT2D eigenvalue weighted by atomic mass is 10.1. The summed E-state index contributed by atoms with van der Waals surface area (Å²) in [6.07, 6.45) is 0. The molecule has 1 N–H and O–H groups in total. The average molecular weight is 265 g/mol. The van der Waals surface area contributed by atoms with Crippen LogP contribution >= 0.6 is 11.8 Å². The Labute approximate surface area is 110 Å². The van der Waals surface area contributed by atoms with Crippen LogP contribution in [0.4, 0.5) is 0 Å². The number of H-pyrrole nitrogens is 1. The van der Waals surface area contributed by atoms with Crippen molar-refractivity contribution >= 4 is 11.8 Å². The Bertz CT molecular complexity index is 506. The Kier molecular flexibility index (Phi) is 4.09. The van der Waals surface area contributed by atoms with E-state index in [-0.39, 0.29) is 0 Å². The molecule has 1 aromatic heterocycles. The summed E-state index contributed by atoms with van der Waals surface area (Å²) in [5.74, 6) is 3.00. The van der Waals surface area contributed by atoms with Crippen molar-refractivity contribution < 1.29 is 9.47 Å². The van der Waals surface area contributed by atoms with E-state index in [2.05, 4.69) is 22.1 Å². The fourth-order valence-electron chi connectivity index (χ4n) is 1.64. The molecule has 2 rings (SSSR count). The van der Waals surface area contributed by atoms with Gasteiger partial charge in [-0.3, -0.25) is 5.10 Å². The Balaban J connectivity index is 2.47. The minimum absolute atomic E-state index is 0.653. The summed E-state index contributed by atoms with van der Waals surface area (Å²) < 4.78 is 10.7. The van der Waals surface area contributed by atoms with Crippen molar-refractivity contribution in [1.82, 2.24) is 15.2 Å². The SMILES string of the molecule is CCSc1n[nH]c(-c2c(OC)cccc2OC)n1. The molecule has 0 amide bonds. The van der Waals surface area contributed by atoms with Gasteiger partial charge in [0.05, 0.1) is 14.2 Å². The largest absolute Gasteiger partial charge is 0.496 e. The molecule has 1 heterocycles. The first-order valence-electron chi connectivity index (χ1n) is 5.56. The molecule has 0 radical (unpaired) electrons. The van der Waals surface area contributed by atoms with E-state index < -0.39 is 0 Å². The zero-order valence-electron chi connectivity index (χ0n) is 10.6. The minimum Gasteiger partial charge on any atom is -0.496 e. The van der Waals surface area contributed by atoms with E-state index >= 15 is 0 Å². The first-order chi connectivity index (χ1) is 8.80. The summed E-state index contributed by atoms with van der Waals surface area (Å²) >= 11 is 1.58. The Morgan fingerprint density at radius 1 is 1.22 bits per heavy atom. The number of aromatic nitrogens is 3. The predicted molar refractivity (Wildman–Crippen MR) is 71.3 cm³/mol. The van der Waals surface area contributed by atoms with Gasteiger partial charge >= 0.3 is 0 Å². The average Bonchev–Trinajstić information content (AvgIpc) is 2.86. The summed E-state index contributed by atoms with van der Waals surface area (Å²) in [5, 5.41) is 7.79. The second-order valence-corrected chi connectivity index (χ2v) is 4.67. The molecule has 0 aliphatic heterocycles. The van der Waals surface area contributed by atoms with Crippen molar-refractivity contribution in [3.05, 3.63) is 18.2 Å². The van der Waals surface area contributed by atoms with Crippen molar-refractivity contribution in [3.8, 4) is 22.9 Å². The van der Waals surface area contributed by atoms with Gasteiger partial charge in [0.2, 0.25) is 5.16 Å². The molecule has 0 saturated carbocycles. The second kappa shape index (κ2) is 5.77. The van der Waals surface area contributed by atoms with Gasteiger partial charge in [-0.15, -0.1) is 5.10 Å². The smallest absolute Gasteiger partial charge is 0.208 e. The maximum Gasteiger partial charge on any atom is 0.208 e. The molecule has 0 spiro atoms. The first kappa shape index (κ1) is 12.8. The third-order valence-corrected chi connectivity index (χ3v) is 3.13. The molecule has 1 aromatic carbocycles.